The summed E-state index contributed by atoms with van der Waals surface area (Å²) in [7, 11) is 0. The Morgan fingerprint density at radius 1 is 1.41 bits per heavy atom. The van der Waals surface area contributed by atoms with Gasteiger partial charge in [-0.05, 0) is 20.8 Å². The van der Waals surface area contributed by atoms with E-state index in [1.807, 2.05) is 0 Å². The maximum absolute atomic E-state index is 11.8. The first-order chi connectivity index (χ1) is 7.91. The normalized spacial score (nSPS) is 10.8. The van der Waals surface area contributed by atoms with Crippen LogP contribution in [0.1, 0.15) is 26.6 Å². The predicted octanol–water partition coefficient (Wildman–Crippen LogP) is 1.25. The zero-order valence-electron chi connectivity index (χ0n) is 9.57. The Balaban J connectivity index is 2.62. The third-order valence-corrected chi connectivity index (χ3v) is 3.67. The fourth-order valence-electron chi connectivity index (χ4n) is 1.44. The molecule has 0 spiro atoms. The van der Waals surface area contributed by atoms with Crippen molar-refractivity contribution in [2.75, 3.05) is 0 Å². The van der Waals surface area contributed by atoms with Crippen molar-refractivity contribution in [1.29, 1.82) is 0 Å². The average molecular weight is 253 g/mol. The molecule has 6 nitrogen and oxygen atoms in total. The third kappa shape index (κ3) is 1.78. The molecule has 0 radical (unpaired) electrons. The number of H-pyrrole nitrogens is 1. The van der Waals surface area contributed by atoms with Crippen LogP contribution in [-0.4, -0.2) is 25.8 Å². The van der Waals surface area contributed by atoms with Gasteiger partial charge < -0.3 is 5.11 Å². The number of carboxylic acid groups (broad SMARTS) is 1. The molecular formula is C10H11N3O3S. The SMILES string of the molecule is Cc1nc(-n2[nH]c(C)c(C)c2=O)sc1C(=O)O. The molecule has 2 aromatic rings. The molecule has 90 valence electrons. The fraction of sp³-hybridized carbons (Fsp3) is 0.300. The van der Waals surface area contributed by atoms with E-state index in [0.717, 1.165) is 17.0 Å². The lowest BCUT2D eigenvalue weighted by atomic mass is 10.3. The molecular weight excluding hydrogens is 242 g/mol. The number of hydrogen-bond donors (Lipinski definition) is 2. The summed E-state index contributed by atoms with van der Waals surface area (Å²) in [5, 5.41) is 12.1. The van der Waals surface area contributed by atoms with Gasteiger partial charge in [0.1, 0.15) is 4.88 Å². The molecule has 0 unspecified atom stereocenters. The highest BCUT2D eigenvalue weighted by Gasteiger charge is 2.17. The van der Waals surface area contributed by atoms with Gasteiger partial charge in [0.05, 0.1) is 5.69 Å². The topological polar surface area (TPSA) is 88.0 Å². The lowest BCUT2D eigenvalue weighted by molar-refractivity contribution is 0.0701. The van der Waals surface area contributed by atoms with E-state index in [4.69, 9.17) is 5.11 Å². The van der Waals surface area contributed by atoms with Gasteiger partial charge in [-0.2, -0.15) is 4.68 Å². The van der Waals surface area contributed by atoms with Gasteiger partial charge in [0.2, 0.25) is 5.13 Å². The van der Waals surface area contributed by atoms with Crippen LogP contribution in [0.15, 0.2) is 4.79 Å². The molecule has 0 aromatic carbocycles. The molecule has 0 aliphatic rings. The Labute approximate surface area is 101 Å². The van der Waals surface area contributed by atoms with Gasteiger partial charge in [-0.15, -0.1) is 0 Å². The summed E-state index contributed by atoms with van der Waals surface area (Å²) >= 11 is 0.978. The maximum atomic E-state index is 11.8. The maximum Gasteiger partial charge on any atom is 0.347 e. The zero-order valence-corrected chi connectivity index (χ0v) is 10.4. The van der Waals surface area contributed by atoms with E-state index in [-0.39, 0.29) is 10.4 Å². The number of carboxylic acids is 1. The first-order valence-corrected chi connectivity index (χ1v) is 5.72. The summed E-state index contributed by atoms with van der Waals surface area (Å²) in [5.41, 5.74) is 1.57. The van der Waals surface area contributed by atoms with Crippen molar-refractivity contribution in [1.82, 2.24) is 14.8 Å². The molecule has 2 aromatic heterocycles. The molecule has 0 aliphatic carbocycles. The highest BCUT2D eigenvalue weighted by atomic mass is 32.1. The number of carbonyl (C=O) groups is 1. The summed E-state index contributed by atoms with van der Waals surface area (Å²) in [5.74, 6) is -1.03. The van der Waals surface area contributed by atoms with E-state index < -0.39 is 5.97 Å². The Kier molecular flexibility index (Phi) is 2.62. The largest absolute Gasteiger partial charge is 0.477 e. The van der Waals surface area contributed by atoms with E-state index >= 15 is 0 Å². The molecule has 0 saturated carbocycles. The average Bonchev–Trinajstić information content (AvgIpc) is 2.75. The Hall–Kier alpha value is -1.89. The van der Waals surface area contributed by atoms with Crippen LogP contribution in [0.4, 0.5) is 0 Å². The summed E-state index contributed by atoms with van der Waals surface area (Å²) < 4.78 is 1.27. The fourth-order valence-corrected chi connectivity index (χ4v) is 2.31. The Morgan fingerprint density at radius 3 is 2.47 bits per heavy atom. The minimum absolute atomic E-state index is 0.150. The van der Waals surface area contributed by atoms with Crippen LogP contribution in [0, 0.1) is 20.8 Å². The number of nitrogens with zero attached hydrogens (tertiary/aromatic N) is 2. The van der Waals surface area contributed by atoms with Crippen LogP contribution in [0.5, 0.6) is 0 Å². The van der Waals surface area contributed by atoms with Gasteiger partial charge in [0, 0.05) is 11.3 Å². The summed E-state index contributed by atoms with van der Waals surface area (Å²) in [6, 6.07) is 0. The van der Waals surface area contributed by atoms with E-state index in [0.29, 0.717) is 16.4 Å². The van der Waals surface area contributed by atoms with Gasteiger partial charge in [-0.25, -0.2) is 9.78 Å². The van der Waals surface area contributed by atoms with Crippen molar-refractivity contribution in [3.63, 3.8) is 0 Å². The zero-order chi connectivity index (χ0) is 12.7. The molecule has 0 amide bonds. The van der Waals surface area contributed by atoms with Gasteiger partial charge >= 0.3 is 5.97 Å². The van der Waals surface area contributed by atoms with Crippen LogP contribution < -0.4 is 5.56 Å². The van der Waals surface area contributed by atoms with Gasteiger partial charge in [-0.3, -0.25) is 9.89 Å². The van der Waals surface area contributed by atoms with Crippen molar-refractivity contribution in [2.45, 2.75) is 20.8 Å². The predicted molar refractivity (Wildman–Crippen MR) is 63.2 cm³/mol. The van der Waals surface area contributed by atoms with Crippen LogP contribution >= 0.6 is 11.3 Å². The van der Waals surface area contributed by atoms with Gasteiger partial charge in [0.15, 0.2) is 0 Å². The molecule has 2 N–H and O–H groups in total. The highest BCUT2D eigenvalue weighted by molar-refractivity contribution is 7.16. The number of hydrogen-bond acceptors (Lipinski definition) is 4. The molecule has 2 heterocycles. The van der Waals surface area contributed by atoms with E-state index in [9.17, 15) is 9.59 Å². The second kappa shape index (κ2) is 3.85. The molecule has 7 heteroatoms. The van der Waals surface area contributed by atoms with Crippen molar-refractivity contribution in [3.05, 3.63) is 32.2 Å². The number of aromatic nitrogens is 3. The lowest BCUT2D eigenvalue weighted by Crippen LogP contribution is -2.15. The van der Waals surface area contributed by atoms with Crippen molar-refractivity contribution >= 4 is 17.3 Å². The van der Waals surface area contributed by atoms with E-state index in [2.05, 4.69) is 10.1 Å². The molecule has 17 heavy (non-hydrogen) atoms. The van der Waals surface area contributed by atoms with Crippen LogP contribution in [0.3, 0.4) is 0 Å². The Morgan fingerprint density at radius 2 is 2.06 bits per heavy atom. The first kappa shape index (κ1) is 11.6. The van der Waals surface area contributed by atoms with Crippen molar-refractivity contribution < 1.29 is 9.90 Å². The Bertz CT molecular complexity index is 650. The summed E-state index contributed by atoms with van der Waals surface area (Å²) in [6.07, 6.45) is 0. The number of nitrogens with one attached hydrogen (secondary N) is 1. The van der Waals surface area contributed by atoms with Crippen molar-refractivity contribution in [3.8, 4) is 5.13 Å². The monoisotopic (exact) mass is 253 g/mol. The van der Waals surface area contributed by atoms with Crippen LogP contribution in [0.25, 0.3) is 5.13 Å². The number of rotatable bonds is 2. The van der Waals surface area contributed by atoms with Crippen LogP contribution in [0.2, 0.25) is 0 Å². The molecule has 0 aliphatic heterocycles. The smallest absolute Gasteiger partial charge is 0.347 e. The minimum Gasteiger partial charge on any atom is -0.477 e. The summed E-state index contributed by atoms with van der Waals surface area (Å²) in [6.45, 7) is 5.10. The molecule has 0 fully saturated rings. The number of aromatic carboxylic acids is 1. The standard InChI is InChI=1S/C10H11N3O3S/c1-4-5(2)12-13(8(4)14)10-11-6(3)7(17-10)9(15)16/h12H,1-3H3,(H,15,16). The highest BCUT2D eigenvalue weighted by Crippen LogP contribution is 2.20. The van der Waals surface area contributed by atoms with Crippen molar-refractivity contribution in [2.24, 2.45) is 0 Å². The first-order valence-electron chi connectivity index (χ1n) is 4.91. The quantitative estimate of drug-likeness (QED) is 0.843. The van der Waals surface area contributed by atoms with Crippen LogP contribution in [-0.2, 0) is 0 Å². The van der Waals surface area contributed by atoms with E-state index in [1.165, 1.54) is 4.68 Å². The lowest BCUT2D eigenvalue weighted by Gasteiger charge is -1.93. The minimum atomic E-state index is -1.03. The molecule has 0 bridgehead atoms. The molecule has 0 saturated heterocycles. The van der Waals surface area contributed by atoms with Gasteiger partial charge in [-0.1, -0.05) is 11.3 Å². The molecule has 0 atom stereocenters. The second-order valence-electron chi connectivity index (χ2n) is 3.72. The molecule has 2 rings (SSSR count). The number of thiazole rings is 1. The number of aromatic amines is 1. The van der Waals surface area contributed by atoms with Gasteiger partial charge in [0.25, 0.3) is 5.56 Å². The third-order valence-electron chi connectivity index (χ3n) is 2.54. The summed E-state index contributed by atoms with van der Waals surface area (Å²) in [4.78, 5) is 27.0. The van der Waals surface area contributed by atoms with E-state index in [1.54, 1.807) is 20.8 Å². The second-order valence-corrected chi connectivity index (χ2v) is 4.70. The number of aryl methyl sites for hydroxylation is 2.